The number of carbonyl (C=O) groups excluding carboxylic acids is 3. The van der Waals surface area contributed by atoms with Crippen molar-refractivity contribution in [1.82, 2.24) is 4.90 Å². The summed E-state index contributed by atoms with van der Waals surface area (Å²) in [5.41, 5.74) is 0.430. The molecule has 222 valence electrons. The van der Waals surface area contributed by atoms with Crippen LogP contribution in [0.15, 0.2) is 48.6 Å². The van der Waals surface area contributed by atoms with Gasteiger partial charge in [0, 0.05) is 31.0 Å². The Morgan fingerprint density at radius 2 is 1.80 bits per heavy atom. The number of esters is 1. The number of hydrogen-bond acceptors (Lipinski definition) is 7. The van der Waals surface area contributed by atoms with E-state index in [4.69, 9.17) is 9.47 Å². The Labute approximate surface area is 242 Å². The quantitative estimate of drug-likeness (QED) is 0.381. The van der Waals surface area contributed by atoms with Crippen molar-refractivity contribution in [3.63, 3.8) is 0 Å². The summed E-state index contributed by atoms with van der Waals surface area (Å²) < 4.78 is 12.3. The van der Waals surface area contributed by atoms with Gasteiger partial charge < -0.3 is 29.3 Å². The number of fused-ring (bicyclic) bond motifs is 2. The number of aliphatic hydroxyl groups is 1. The second kappa shape index (κ2) is 12.0. The summed E-state index contributed by atoms with van der Waals surface area (Å²) in [7, 11) is 0. The molecule has 1 aromatic rings. The van der Waals surface area contributed by atoms with Gasteiger partial charge in [0.2, 0.25) is 5.91 Å². The summed E-state index contributed by atoms with van der Waals surface area (Å²) in [4.78, 5) is 47.8. The number of carbonyl (C=O) groups is 3. The normalized spacial score (nSPS) is 31.0. The number of likely N-dealkylation sites (tertiary alicyclic amines) is 1. The first-order valence-corrected chi connectivity index (χ1v) is 15.1. The van der Waals surface area contributed by atoms with E-state index in [1.165, 1.54) is 4.90 Å². The maximum Gasteiger partial charge on any atom is 0.312 e. The van der Waals surface area contributed by atoms with E-state index in [1.807, 2.05) is 62.4 Å². The van der Waals surface area contributed by atoms with Crippen molar-refractivity contribution in [3.8, 4) is 0 Å². The molecule has 41 heavy (non-hydrogen) atoms. The molecule has 4 heterocycles. The molecule has 2 fully saturated rings. The van der Waals surface area contributed by atoms with Crippen molar-refractivity contribution in [2.24, 2.45) is 17.8 Å². The number of ether oxygens (including phenoxy) is 2. The van der Waals surface area contributed by atoms with E-state index in [0.717, 1.165) is 25.2 Å². The molecular weight excluding hydrogens is 522 g/mol. The lowest BCUT2D eigenvalue weighted by atomic mass is 9.78. The maximum absolute atomic E-state index is 14.6. The highest BCUT2D eigenvalue weighted by Gasteiger charge is 2.72. The van der Waals surface area contributed by atoms with Crippen LogP contribution in [0.25, 0.3) is 0 Å². The molecule has 4 aliphatic heterocycles. The molecule has 2 saturated heterocycles. The topological polar surface area (TPSA) is 99.6 Å². The van der Waals surface area contributed by atoms with E-state index in [9.17, 15) is 19.5 Å². The van der Waals surface area contributed by atoms with E-state index in [2.05, 4.69) is 18.7 Å². The highest BCUT2D eigenvalue weighted by atomic mass is 16.6. The molecule has 1 unspecified atom stereocenters. The average molecular weight is 566 g/mol. The lowest BCUT2D eigenvalue weighted by molar-refractivity contribution is -0.155. The summed E-state index contributed by atoms with van der Waals surface area (Å²) >= 11 is 0. The molecular formula is C32H43N3O6. The number of rotatable bonds is 8. The van der Waals surface area contributed by atoms with Crippen molar-refractivity contribution in [1.29, 1.82) is 0 Å². The van der Waals surface area contributed by atoms with Crippen molar-refractivity contribution < 1.29 is 29.0 Å². The van der Waals surface area contributed by atoms with Gasteiger partial charge in [-0.2, -0.15) is 0 Å². The fourth-order valence-corrected chi connectivity index (χ4v) is 7.07. The summed E-state index contributed by atoms with van der Waals surface area (Å²) in [6, 6.07) is 6.25. The lowest BCUT2D eigenvalue weighted by Crippen LogP contribution is -2.58. The van der Waals surface area contributed by atoms with Crippen molar-refractivity contribution in [2.45, 2.75) is 70.7 Å². The Morgan fingerprint density at radius 3 is 2.46 bits per heavy atom. The van der Waals surface area contributed by atoms with Gasteiger partial charge in [-0.15, -0.1) is 0 Å². The average Bonchev–Trinajstić information content (AvgIpc) is 3.37. The van der Waals surface area contributed by atoms with Crippen LogP contribution in [0.3, 0.4) is 0 Å². The minimum atomic E-state index is -1.35. The van der Waals surface area contributed by atoms with Crippen molar-refractivity contribution >= 4 is 29.2 Å². The number of anilines is 2. The number of nitrogens with zero attached hydrogens (tertiary/aromatic N) is 3. The van der Waals surface area contributed by atoms with Gasteiger partial charge in [-0.1, -0.05) is 38.2 Å². The van der Waals surface area contributed by atoms with E-state index >= 15 is 0 Å². The predicted molar refractivity (Wildman–Crippen MR) is 156 cm³/mol. The van der Waals surface area contributed by atoms with Gasteiger partial charge in [0.25, 0.3) is 5.91 Å². The molecule has 5 rings (SSSR count). The molecule has 1 N–H and O–H groups in total. The second-order valence-corrected chi connectivity index (χ2v) is 11.8. The van der Waals surface area contributed by atoms with E-state index in [1.54, 1.807) is 4.90 Å². The minimum Gasteiger partial charge on any atom is -0.465 e. The van der Waals surface area contributed by atoms with Gasteiger partial charge in [-0.05, 0) is 63.3 Å². The zero-order valence-electron chi connectivity index (χ0n) is 24.6. The van der Waals surface area contributed by atoms with Gasteiger partial charge in [0.05, 0.1) is 31.3 Å². The van der Waals surface area contributed by atoms with Crippen LogP contribution in [0, 0.1) is 17.8 Å². The van der Waals surface area contributed by atoms with Gasteiger partial charge in [-0.25, -0.2) is 0 Å². The highest BCUT2D eigenvalue weighted by molar-refractivity contribution is 6.05. The van der Waals surface area contributed by atoms with Crippen molar-refractivity contribution in [3.05, 3.63) is 48.6 Å². The molecule has 2 amide bonds. The minimum absolute atomic E-state index is 0.169. The molecule has 0 bridgehead atoms. The smallest absolute Gasteiger partial charge is 0.312 e. The van der Waals surface area contributed by atoms with Crippen LogP contribution in [0.2, 0.25) is 0 Å². The number of hydrogen-bond donors (Lipinski definition) is 1. The predicted octanol–water partition coefficient (Wildman–Crippen LogP) is 3.32. The number of aliphatic hydroxyl groups excluding tert-OH is 1. The fraction of sp³-hybridized carbons (Fsp3) is 0.594. The number of benzene rings is 1. The van der Waals surface area contributed by atoms with Crippen LogP contribution in [0.5, 0.6) is 0 Å². The molecule has 0 aliphatic carbocycles. The summed E-state index contributed by atoms with van der Waals surface area (Å²) in [6.45, 7) is 10.3. The van der Waals surface area contributed by atoms with E-state index in [-0.39, 0.29) is 30.9 Å². The number of cyclic esters (lactones) is 1. The Hall–Kier alpha value is -3.17. The molecule has 0 saturated carbocycles. The van der Waals surface area contributed by atoms with Crippen LogP contribution < -0.4 is 9.80 Å². The third-order valence-corrected chi connectivity index (χ3v) is 8.93. The maximum atomic E-state index is 14.6. The van der Waals surface area contributed by atoms with Crippen LogP contribution in [-0.2, 0) is 23.9 Å². The zero-order chi connectivity index (χ0) is 29.3. The Balaban J connectivity index is 1.59. The first-order chi connectivity index (χ1) is 19.8. The molecule has 9 nitrogen and oxygen atoms in total. The monoisotopic (exact) mass is 565 g/mol. The molecule has 0 radical (unpaired) electrons. The summed E-state index contributed by atoms with van der Waals surface area (Å²) in [6.07, 6.45) is 8.77. The van der Waals surface area contributed by atoms with Crippen LogP contribution >= 0.6 is 0 Å². The molecule has 9 heteroatoms. The third-order valence-electron chi connectivity index (χ3n) is 8.93. The first-order valence-electron chi connectivity index (χ1n) is 15.1. The van der Waals surface area contributed by atoms with Crippen LogP contribution in [0.1, 0.15) is 47.0 Å². The van der Waals surface area contributed by atoms with Crippen molar-refractivity contribution in [2.75, 3.05) is 42.6 Å². The van der Waals surface area contributed by atoms with Gasteiger partial charge in [-0.3, -0.25) is 14.4 Å². The standard InChI is InChI=1S/C32H43N3O6/c1-5-33(6-2)22-12-14-23(15-13-22)34-17-10-16-32-27(26-25(41-32)11-8-7-9-18-40-31(26)39)29(37)35(28(32)30(34)38)24(20-36)19-21(3)4/h8,10-16,21,24-28,36H,5-7,9,17-20H2,1-4H3/b11-8-/t24-,25+,26-,27+,28?,32+/m1/s1. The zero-order valence-corrected chi connectivity index (χ0v) is 24.6. The third kappa shape index (κ3) is 5.07. The Bertz CT molecular complexity index is 1190. The molecule has 4 aliphatic rings. The molecule has 1 spiro atoms. The second-order valence-electron chi connectivity index (χ2n) is 11.8. The van der Waals surface area contributed by atoms with Crippen LogP contribution in [0.4, 0.5) is 11.4 Å². The molecule has 6 atom stereocenters. The lowest BCUT2D eigenvalue weighted by Gasteiger charge is -2.39. The Morgan fingerprint density at radius 1 is 1.07 bits per heavy atom. The summed E-state index contributed by atoms with van der Waals surface area (Å²) in [5.74, 6) is -2.74. The highest BCUT2D eigenvalue weighted by Crippen LogP contribution is 2.54. The van der Waals surface area contributed by atoms with E-state index in [0.29, 0.717) is 25.1 Å². The van der Waals surface area contributed by atoms with Gasteiger partial charge in [0.1, 0.15) is 17.6 Å². The Kier molecular flexibility index (Phi) is 8.57. The molecule has 1 aromatic carbocycles. The molecule has 0 aromatic heterocycles. The van der Waals surface area contributed by atoms with E-state index < -0.39 is 41.6 Å². The largest absolute Gasteiger partial charge is 0.465 e. The van der Waals surface area contributed by atoms with Gasteiger partial charge in [0.15, 0.2) is 0 Å². The SMILES string of the molecule is CCN(CC)c1ccc(N2CC=C[C@]34O[C@H]5/C=C\CCCOC(=O)[C@H]5[C@H]3C(=O)N([C@@H](CO)CC(C)C)C4C2=O)cc1. The summed E-state index contributed by atoms with van der Waals surface area (Å²) in [5, 5.41) is 10.5. The van der Waals surface area contributed by atoms with Crippen LogP contribution in [-0.4, -0.2) is 84.4 Å². The fourth-order valence-electron chi connectivity index (χ4n) is 7.07. The first kappa shape index (κ1) is 29.3. The number of allylic oxidation sites excluding steroid dienone is 1. The number of amides is 2. The van der Waals surface area contributed by atoms with Gasteiger partial charge >= 0.3 is 5.97 Å².